The Balaban J connectivity index is 2.33. The highest BCUT2D eigenvalue weighted by Gasteiger charge is 2.21. The minimum atomic E-state index is -0.420. The quantitative estimate of drug-likeness (QED) is 0.714. The van der Waals surface area contributed by atoms with E-state index < -0.39 is 5.97 Å². The number of thiophene rings is 1. The Morgan fingerprint density at radius 2 is 2.04 bits per heavy atom. The number of benzene rings is 1. The van der Waals surface area contributed by atoms with E-state index >= 15 is 0 Å². The summed E-state index contributed by atoms with van der Waals surface area (Å²) in [5.74, 6) is 0.0935. The SMILES string of the molecule is CCCOc1c(C(=O)OC)sc2ccc(NC(=O)N[C@@H](C)CC)cc12. The molecule has 0 spiro atoms. The van der Waals surface area contributed by atoms with Crippen LogP contribution in [0.25, 0.3) is 10.1 Å². The minimum Gasteiger partial charge on any atom is -0.491 e. The molecule has 1 atom stereocenters. The largest absolute Gasteiger partial charge is 0.491 e. The van der Waals surface area contributed by atoms with Crippen LogP contribution in [0.3, 0.4) is 0 Å². The summed E-state index contributed by atoms with van der Waals surface area (Å²) in [6, 6.07) is 5.33. The lowest BCUT2D eigenvalue weighted by atomic mass is 10.2. The Hall–Kier alpha value is -2.28. The number of fused-ring (bicyclic) bond motifs is 1. The summed E-state index contributed by atoms with van der Waals surface area (Å²) >= 11 is 1.32. The molecule has 0 aliphatic heterocycles. The number of urea groups is 1. The zero-order chi connectivity index (χ0) is 18.4. The second-order valence-electron chi connectivity index (χ2n) is 5.72. The summed E-state index contributed by atoms with van der Waals surface area (Å²) in [6.45, 7) is 6.45. The number of rotatable bonds is 7. The Morgan fingerprint density at radius 1 is 1.28 bits per heavy atom. The molecule has 0 aliphatic rings. The third-order valence-electron chi connectivity index (χ3n) is 3.71. The first-order valence-corrected chi connectivity index (χ1v) is 9.16. The molecule has 0 bridgehead atoms. The average molecular weight is 364 g/mol. The van der Waals surface area contributed by atoms with Crippen LogP contribution < -0.4 is 15.4 Å². The predicted molar refractivity (Wildman–Crippen MR) is 101 cm³/mol. The summed E-state index contributed by atoms with van der Waals surface area (Å²) in [7, 11) is 1.35. The third-order valence-corrected chi connectivity index (χ3v) is 4.84. The number of carbonyl (C=O) groups is 2. The van der Waals surface area contributed by atoms with Crippen molar-refractivity contribution in [3.8, 4) is 5.75 Å². The first-order valence-electron chi connectivity index (χ1n) is 8.35. The highest BCUT2D eigenvalue weighted by atomic mass is 32.1. The van der Waals surface area contributed by atoms with Crippen LogP contribution in [0.2, 0.25) is 0 Å². The van der Waals surface area contributed by atoms with Crippen LogP contribution >= 0.6 is 11.3 Å². The highest BCUT2D eigenvalue weighted by molar-refractivity contribution is 7.21. The van der Waals surface area contributed by atoms with Gasteiger partial charge < -0.3 is 20.1 Å². The van der Waals surface area contributed by atoms with Crippen LogP contribution in [-0.2, 0) is 4.74 Å². The molecule has 6 nitrogen and oxygen atoms in total. The Kier molecular flexibility index (Phi) is 6.64. The molecule has 2 N–H and O–H groups in total. The molecule has 25 heavy (non-hydrogen) atoms. The lowest BCUT2D eigenvalue weighted by Gasteiger charge is -2.12. The van der Waals surface area contributed by atoms with Gasteiger partial charge >= 0.3 is 12.0 Å². The average Bonchev–Trinajstić information content (AvgIpc) is 2.96. The smallest absolute Gasteiger partial charge is 0.351 e. The maximum atomic E-state index is 12.0. The number of methoxy groups -OCH3 is 1. The molecular weight excluding hydrogens is 340 g/mol. The maximum Gasteiger partial charge on any atom is 0.351 e. The van der Waals surface area contributed by atoms with Gasteiger partial charge in [0, 0.05) is 21.8 Å². The van der Waals surface area contributed by atoms with E-state index in [1.54, 1.807) is 6.07 Å². The van der Waals surface area contributed by atoms with Gasteiger partial charge in [0.25, 0.3) is 0 Å². The van der Waals surface area contributed by atoms with E-state index in [4.69, 9.17) is 9.47 Å². The topological polar surface area (TPSA) is 76.7 Å². The Morgan fingerprint density at radius 3 is 2.68 bits per heavy atom. The third kappa shape index (κ3) is 4.63. The molecule has 136 valence electrons. The Bertz CT molecular complexity index is 757. The van der Waals surface area contributed by atoms with E-state index in [2.05, 4.69) is 10.6 Å². The van der Waals surface area contributed by atoms with Gasteiger partial charge in [-0.05, 0) is 38.0 Å². The zero-order valence-corrected chi connectivity index (χ0v) is 15.8. The maximum absolute atomic E-state index is 12.0. The second-order valence-corrected chi connectivity index (χ2v) is 6.77. The van der Waals surface area contributed by atoms with E-state index in [0.717, 1.165) is 22.9 Å². The predicted octanol–water partition coefficient (Wildman–Crippen LogP) is 4.40. The summed E-state index contributed by atoms with van der Waals surface area (Å²) in [6.07, 6.45) is 1.68. The Labute approximate surface area is 151 Å². The van der Waals surface area contributed by atoms with Gasteiger partial charge in [-0.15, -0.1) is 11.3 Å². The number of hydrogen-bond acceptors (Lipinski definition) is 5. The van der Waals surface area contributed by atoms with Crippen molar-refractivity contribution in [1.29, 1.82) is 0 Å². The van der Waals surface area contributed by atoms with Crippen molar-refractivity contribution < 1.29 is 19.1 Å². The van der Waals surface area contributed by atoms with Crippen LogP contribution in [0.5, 0.6) is 5.75 Å². The number of ether oxygens (including phenoxy) is 2. The molecule has 0 saturated carbocycles. The van der Waals surface area contributed by atoms with Crippen LogP contribution in [0.4, 0.5) is 10.5 Å². The van der Waals surface area contributed by atoms with E-state index in [9.17, 15) is 9.59 Å². The van der Waals surface area contributed by atoms with Gasteiger partial charge in [-0.25, -0.2) is 9.59 Å². The molecule has 0 fully saturated rings. The van der Waals surface area contributed by atoms with Crippen molar-refractivity contribution in [2.45, 2.75) is 39.7 Å². The molecule has 0 aliphatic carbocycles. The van der Waals surface area contributed by atoms with Crippen molar-refractivity contribution in [2.75, 3.05) is 19.0 Å². The first kappa shape index (κ1) is 19.1. The molecule has 2 aromatic rings. The van der Waals surface area contributed by atoms with Crippen molar-refractivity contribution in [2.24, 2.45) is 0 Å². The van der Waals surface area contributed by atoms with Gasteiger partial charge in [0.1, 0.15) is 0 Å². The fraction of sp³-hybridized carbons (Fsp3) is 0.444. The van der Waals surface area contributed by atoms with Crippen LogP contribution in [-0.4, -0.2) is 31.8 Å². The monoisotopic (exact) mass is 364 g/mol. The first-order chi connectivity index (χ1) is 12.0. The summed E-state index contributed by atoms with van der Waals surface area (Å²) in [5, 5.41) is 6.46. The van der Waals surface area contributed by atoms with E-state index in [0.29, 0.717) is 22.9 Å². The number of anilines is 1. The lowest BCUT2D eigenvalue weighted by Crippen LogP contribution is -2.35. The highest BCUT2D eigenvalue weighted by Crippen LogP contribution is 2.39. The molecule has 2 amide bonds. The number of nitrogens with one attached hydrogen (secondary N) is 2. The summed E-state index contributed by atoms with van der Waals surface area (Å²) in [5.41, 5.74) is 0.642. The molecule has 1 aromatic carbocycles. The van der Waals surface area contributed by atoms with Crippen LogP contribution in [0, 0.1) is 0 Å². The van der Waals surface area contributed by atoms with Gasteiger partial charge in [-0.3, -0.25) is 0 Å². The van der Waals surface area contributed by atoms with Crippen molar-refractivity contribution in [1.82, 2.24) is 5.32 Å². The standard InChI is InChI=1S/C18H24N2O4S/c1-5-9-24-15-13-10-12(20-18(22)19-11(3)6-2)7-8-14(13)25-16(15)17(21)23-4/h7-8,10-11H,5-6,9H2,1-4H3,(H2,19,20,22)/t11-/m0/s1. The summed E-state index contributed by atoms with van der Waals surface area (Å²) in [4.78, 5) is 24.5. The van der Waals surface area contributed by atoms with Crippen molar-refractivity contribution in [3.05, 3.63) is 23.1 Å². The molecule has 0 saturated heterocycles. The van der Waals surface area contributed by atoms with Crippen LogP contribution in [0.15, 0.2) is 18.2 Å². The number of amides is 2. The number of carbonyl (C=O) groups excluding carboxylic acids is 2. The van der Waals surface area contributed by atoms with Gasteiger partial charge in [0.2, 0.25) is 0 Å². The van der Waals surface area contributed by atoms with Gasteiger partial charge in [-0.1, -0.05) is 13.8 Å². The molecular formula is C18H24N2O4S. The second kappa shape index (κ2) is 8.71. The zero-order valence-electron chi connectivity index (χ0n) is 15.0. The van der Waals surface area contributed by atoms with Crippen molar-refractivity contribution in [3.63, 3.8) is 0 Å². The minimum absolute atomic E-state index is 0.0965. The molecule has 0 radical (unpaired) electrons. The number of esters is 1. The van der Waals surface area contributed by atoms with Gasteiger partial charge in [-0.2, -0.15) is 0 Å². The normalized spacial score (nSPS) is 11.8. The van der Waals surface area contributed by atoms with Crippen LogP contribution in [0.1, 0.15) is 43.3 Å². The lowest BCUT2D eigenvalue weighted by molar-refractivity contribution is 0.0602. The fourth-order valence-electron chi connectivity index (χ4n) is 2.22. The fourth-order valence-corrected chi connectivity index (χ4v) is 3.27. The molecule has 0 unspecified atom stereocenters. The molecule has 7 heteroatoms. The number of hydrogen-bond donors (Lipinski definition) is 2. The molecule has 2 rings (SSSR count). The molecule has 1 aromatic heterocycles. The summed E-state index contributed by atoms with van der Waals surface area (Å²) < 4.78 is 11.5. The molecule has 1 heterocycles. The van der Waals surface area contributed by atoms with Gasteiger partial charge in [0.15, 0.2) is 10.6 Å². The van der Waals surface area contributed by atoms with E-state index in [1.807, 2.05) is 32.9 Å². The van der Waals surface area contributed by atoms with Crippen molar-refractivity contribution >= 4 is 39.1 Å². The van der Waals surface area contributed by atoms with E-state index in [1.165, 1.54) is 18.4 Å². The van der Waals surface area contributed by atoms with E-state index in [-0.39, 0.29) is 12.1 Å². The van der Waals surface area contributed by atoms with Gasteiger partial charge in [0.05, 0.1) is 13.7 Å².